The number of rotatable bonds is 8. The van der Waals surface area contributed by atoms with Crippen LogP contribution in [-0.4, -0.2) is 39.2 Å². The number of thioether (sulfide) groups is 1. The molecular formula is C26H24ClN5O2S. The SMILES string of the molecule is COc1ccc(-n2c(SCC(=O)NN=C(C)c3ccccc3Cl)nnc2-c2ccc(C)cc2)cc1. The van der Waals surface area contributed by atoms with Gasteiger partial charge in [-0.1, -0.05) is 71.4 Å². The van der Waals surface area contributed by atoms with E-state index >= 15 is 0 Å². The number of nitrogens with one attached hydrogen (secondary N) is 1. The molecule has 1 N–H and O–H groups in total. The third-order valence-electron chi connectivity index (χ3n) is 5.22. The molecule has 0 aliphatic heterocycles. The third-order valence-corrected chi connectivity index (χ3v) is 6.48. The number of hydrogen-bond donors (Lipinski definition) is 1. The number of carbonyl (C=O) groups excluding carboxylic acids is 1. The predicted octanol–water partition coefficient (Wildman–Crippen LogP) is 5.54. The van der Waals surface area contributed by atoms with Crippen molar-refractivity contribution in [3.05, 3.63) is 88.9 Å². The summed E-state index contributed by atoms with van der Waals surface area (Å²) in [5, 5.41) is 14.2. The Hall–Kier alpha value is -3.62. The molecule has 0 aliphatic rings. The van der Waals surface area contributed by atoms with Crippen molar-refractivity contribution in [3.63, 3.8) is 0 Å². The molecule has 0 aliphatic carbocycles. The molecule has 0 saturated heterocycles. The highest BCUT2D eigenvalue weighted by molar-refractivity contribution is 7.99. The van der Waals surface area contributed by atoms with Crippen LogP contribution in [0.15, 0.2) is 83.1 Å². The van der Waals surface area contributed by atoms with E-state index in [1.54, 1.807) is 20.1 Å². The predicted molar refractivity (Wildman–Crippen MR) is 141 cm³/mol. The van der Waals surface area contributed by atoms with Crippen LogP contribution in [0.25, 0.3) is 17.1 Å². The maximum absolute atomic E-state index is 12.5. The zero-order valence-corrected chi connectivity index (χ0v) is 21.1. The molecule has 35 heavy (non-hydrogen) atoms. The second-order valence-electron chi connectivity index (χ2n) is 7.71. The Kier molecular flexibility index (Phi) is 7.84. The quantitative estimate of drug-likeness (QED) is 0.193. The molecule has 0 saturated carbocycles. The lowest BCUT2D eigenvalue weighted by Crippen LogP contribution is -2.21. The van der Waals surface area contributed by atoms with Crippen molar-refractivity contribution in [3.8, 4) is 22.8 Å². The Bertz CT molecular complexity index is 1350. The smallest absolute Gasteiger partial charge is 0.250 e. The Balaban J connectivity index is 1.55. The summed E-state index contributed by atoms with van der Waals surface area (Å²) in [6.07, 6.45) is 0. The summed E-state index contributed by atoms with van der Waals surface area (Å²) in [5.74, 6) is 1.29. The van der Waals surface area contributed by atoms with Gasteiger partial charge in [-0.2, -0.15) is 5.10 Å². The molecule has 7 nitrogen and oxygen atoms in total. The Morgan fingerprint density at radius 2 is 1.77 bits per heavy atom. The maximum Gasteiger partial charge on any atom is 0.250 e. The van der Waals surface area contributed by atoms with Gasteiger partial charge in [-0.15, -0.1) is 10.2 Å². The Morgan fingerprint density at radius 3 is 2.46 bits per heavy atom. The van der Waals surface area contributed by atoms with Gasteiger partial charge in [-0.05, 0) is 44.2 Å². The van der Waals surface area contributed by atoms with Crippen LogP contribution >= 0.6 is 23.4 Å². The van der Waals surface area contributed by atoms with Crippen molar-refractivity contribution in [2.45, 2.75) is 19.0 Å². The maximum atomic E-state index is 12.5. The molecule has 1 heterocycles. The number of benzene rings is 3. The molecule has 0 fully saturated rings. The number of nitrogens with zero attached hydrogens (tertiary/aromatic N) is 4. The highest BCUT2D eigenvalue weighted by Gasteiger charge is 2.17. The summed E-state index contributed by atoms with van der Waals surface area (Å²) in [5.41, 5.74) is 6.93. The second kappa shape index (κ2) is 11.2. The number of carbonyl (C=O) groups is 1. The average Bonchev–Trinajstić information content (AvgIpc) is 3.30. The molecule has 0 unspecified atom stereocenters. The van der Waals surface area contributed by atoms with Crippen LogP contribution in [0.3, 0.4) is 0 Å². The van der Waals surface area contributed by atoms with E-state index in [1.165, 1.54) is 11.8 Å². The zero-order chi connectivity index (χ0) is 24.8. The van der Waals surface area contributed by atoms with E-state index in [-0.39, 0.29) is 11.7 Å². The fraction of sp³-hybridized carbons (Fsp3) is 0.154. The number of halogens is 1. The van der Waals surface area contributed by atoms with E-state index in [0.717, 1.165) is 28.1 Å². The zero-order valence-electron chi connectivity index (χ0n) is 19.5. The first-order chi connectivity index (χ1) is 17.0. The number of ether oxygens (including phenoxy) is 1. The summed E-state index contributed by atoms with van der Waals surface area (Å²) >= 11 is 7.49. The summed E-state index contributed by atoms with van der Waals surface area (Å²) in [6.45, 7) is 3.83. The van der Waals surface area contributed by atoms with Crippen LogP contribution in [-0.2, 0) is 4.79 Å². The van der Waals surface area contributed by atoms with Crippen LogP contribution in [0.2, 0.25) is 5.02 Å². The molecule has 0 atom stereocenters. The minimum atomic E-state index is -0.262. The van der Waals surface area contributed by atoms with Crippen LogP contribution in [0.1, 0.15) is 18.1 Å². The normalized spacial score (nSPS) is 11.4. The lowest BCUT2D eigenvalue weighted by Gasteiger charge is -2.11. The van der Waals surface area contributed by atoms with Crippen LogP contribution in [0, 0.1) is 6.92 Å². The molecule has 1 aromatic heterocycles. The van der Waals surface area contributed by atoms with Gasteiger partial charge in [-0.25, -0.2) is 5.43 Å². The van der Waals surface area contributed by atoms with Crippen molar-refractivity contribution in [2.75, 3.05) is 12.9 Å². The van der Waals surface area contributed by atoms with Gasteiger partial charge in [0.05, 0.1) is 18.6 Å². The van der Waals surface area contributed by atoms with Gasteiger partial charge >= 0.3 is 0 Å². The number of methoxy groups -OCH3 is 1. The van der Waals surface area contributed by atoms with Crippen molar-refractivity contribution >= 4 is 35.0 Å². The second-order valence-corrected chi connectivity index (χ2v) is 9.06. The molecular weight excluding hydrogens is 482 g/mol. The molecule has 0 spiro atoms. The number of aryl methyl sites for hydroxylation is 1. The van der Waals surface area contributed by atoms with Crippen molar-refractivity contribution in [2.24, 2.45) is 5.10 Å². The number of hydrogen-bond acceptors (Lipinski definition) is 6. The highest BCUT2D eigenvalue weighted by atomic mass is 35.5. The number of amides is 1. The van der Waals surface area contributed by atoms with E-state index in [1.807, 2.05) is 78.2 Å². The number of aromatic nitrogens is 3. The van der Waals surface area contributed by atoms with E-state index in [2.05, 4.69) is 20.7 Å². The summed E-state index contributed by atoms with van der Waals surface area (Å²) in [7, 11) is 1.63. The monoisotopic (exact) mass is 505 g/mol. The van der Waals surface area contributed by atoms with Crippen LogP contribution in [0.4, 0.5) is 0 Å². The van der Waals surface area contributed by atoms with Gasteiger partial charge in [0, 0.05) is 21.8 Å². The Morgan fingerprint density at radius 1 is 1.06 bits per heavy atom. The van der Waals surface area contributed by atoms with E-state index in [4.69, 9.17) is 16.3 Å². The van der Waals surface area contributed by atoms with Crippen molar-refractivity contribution in [1.29, 1.82) is 0 Å². The average molecular weight is 506 g/mol. The fourth-order valence-electron chi connectivity index (χ4n) is 3.34. The van der Waals surface area contributed by atoms with E-state index in [9.17, 15) is 4.79 Å². The molecule has 4 aromatic rings. The van der Waals surface area contributed by atoms with Gasteiger partial charge < -0.3 is 4.74 Å². The lowest BCUT2D eigenvalue weighted by molar-refractivity contribution is -0.118. The molecule has 9 heteroatoms. The first-order valence-corrected chi connectivity index (χ1v) is 12.2. The van der Waals surface area contributed by atoms with Crippen LogP contribution in [0.5, 0.6) is 5.75 Å². The molecule has 1 amide bonds. The summed E-state index contributed by atoms with van der Waals surface area (Å²) in [4.78, 5) is 12.5. The van der Waals surface area contributed by atoms with Crippen molar-refractivity contribution < 1.29 is 9.53 Å². The topological polar surface area (TPSA) is 81.4 Å². The Labute approximate surface area is 213 Å². The minimum Gasteiger partial charge on any atom is -0.497 e. The summed E-state index contributed by atoms with van der Waals surface area (Å²) in [6, 6.07) is 23.0. The largest absolute Gasteiger partial charge is 0.497 e. The highest BCUT2D eigenvalue weighted by Crippen LogP contribution is 2.29. The molecule has 0 bridgehead atoms. The summed E-state index contributed by atoms with van der Waals surface area (Å²) < 4.78 is 7.22. The molecule has 178 valence electrons. The molecule has 4 rings (SSSR count). The first kappa shape index (κ1) is 24.5. The minimum absolute atomic E-state index is 0.113. The van der Waals surface area contributed by atoms with Crippen LogP contribution < -0.4 is 10.2 Å². The van der Waals surface area contributed by atoms with Gasteiger partial charge in [-0.3, -0.25) is 9.36 Å². The molecule has 3 aromatic carbocycles. The van der Waals surface area contributed by atoms with Crippen molar-refractivity contribution in [1.82, 2.24) is 20.2 Å². The third kappa shape index (κ3) is 5.90. The number of hydrazone groups is 1. The van der Waals surface area contributed by atoms with Gasteiger partial charge in [0.25, 0.3) is 5.91 Å². The van der Waals surface area contributed by atoms with Gasteiger partial charge in [0.15, 0.2) is 11.0 Å². The standard InChI is InChI=1S/C26H24ClN5O2S/c1-17-8-10-19(11-9-17)25-30-31-26(32(25)20-12-14-21(34-3)15-13-20)35-16-24(33)29-28-18(2)22-6-4-5-7-23(22)27/h4-15H,16H2,1-3H3,(H,29,33). The lowest BCUT2D eigenvalue weighted by atomic mass is 10.1. The fourth-order valence-corrected chi connectivity index (χ4v) is 4.36. The van der Waals surface area contributed by atoms with E-state index in [0.29, 0.717) is 21.7 Å². The van der Waals surface area contributed by atoms with Gasteiger partial charge in [0.2, 0.25) is 0 Å². The molecule has 0 radical (unpaired) electrons. The van der Waals surface area contributed by atoms with Gasteiger partial charge in [0.1, 0.15) is 5.75 Å². The van der Waals surface area contributed by atoms with E-state index < -0.39 is 0 Å². The first-order valence-electron chi connectivity index (χ1n) is 10.8.